The SMILES string of the molecule is Clc1nc2c(Cl)cccc2s1.NC(N)=S. The van der Waals surface area contributed by atoms with Crippen molar-refractivity contribution < 1.29 is 0 Å². The van der Waals surface area contributed by atoms with Crippen LogP contribution in [0.2, 0.25) is 9.49 Å². The second-order valence-electron chi connectivity index (χ2n) is 2.46. The van der Waals surface area contributed by atoms with Crippen LogP contribution in [-0.4, -0.2) is 10.1 Å². The molecule has 0 aliphatic heterocycles. The number of para-hydroxylation sites is 1. The predicted molar refractivity (Wildman–Crippen MR) is 70.6 cm³/mol. The molecule has 15 heavy (non-hydrogen) atoms. The highest BCUT2D eigenvalue weighted by molar-refractivity contribution is 7.80. The van der Waals surface area contributed by atoms with Crippen molar-refractivity contribution in [1.82, 2.24) is 4.98 Å². The lowest BCUT2D eigenvalue weighted by Gasteiger charge is -1.87. The van der Waals surface area contributed by atoms with Crippen LogP contribution in [0.4, 0.5) is 0 Å². The van der Waals surface area contributed by atoms with Crippen molar-refractivity contribution in [3.63, 3.8) is 0 Å². The number of thiazole rings is 1. The van der Waals surface area contributed by atoms with Gasteiger partial charge in [-0.1, -0.05) is 29.3 Å². The molecule has 2 aromatic rings. The van der Waals surface area contributed by atoms with Gasteiger partial charge in [-0.15, -0.1) is 11.3 Å². The number of rotatable bonds is 0. The van der Waals surface area contributed by atoms with Crippen LogP contribution in [0.15, 0.2) is 18.2 Å². The van der Waals surface area contributed by atoms with Gasteiger partial charge in [0.15, 0.2) is 9.58 Å². The van der Waals surface area contributed by atoms with E-state index in [-0.39, 0.29) is 5.11 Å². The van der Waals surface area contributed by atoms with Crippen LogP contribution in [0.5, 0.6) is 0 Å². The summed E-state index contributed by atoms with van der Waals surface area (Å²) in [6, 6.07) is 5.64. The largest absolute Gasteiger partial charge is 0.377 e. The zero-order chi connectivity index (χ0) is 11.4. The van der Waals surface area contributed by atoms with Gasteiger partial charge in [-0.2, -0.15) is 0 Å². The average molecular weight is 280 g/mol. The lowest BCUT2D eigenvalue weighted by atomic mass is 10.3. The summed E-state index contributed by atoms with van der Waals surface area (Å²) >= 11 is 17.1. The van der Waals surface area contributed by atoms with Crippen molar-refractivity contribution in [2.45, 2.75) is 0 Å². The fraction of sp³-hybridized carbons (Fsp3) is 0. The molecule has 0 unspecified atom stereocenters. The van der Waals surface area contributed by atoms with Crippen LogP contribution in [0.3, 0.4) is 0 Å². The van der Waals surface area contributed by atoms with Gasteiger partial charge in [0.2, 0.25) is 0 Å². The Morgan fingerprint density at radius 3 is 2.47 bits per heavy atom. The van der Waals surface area contributed by atoms with E-state index in [1.54, 1.807) is 6.07 Å². The number of nitrogens with two attached hydrogens (primary N) is 2. The summed E-state index contributed by atoms with van der Waals surface area (Å²) in [4.78, 5) is 4.06. The maximum absolute atomic E-state index is 5.86. The smallest absolute Gasteiger partial charge is 0.184 e. The minimum Gasteiger partial charge on any atom is -0.377 e. The Balaban J connectivity index is 0.000000245. The minimum absolute atomic E-state index is 0.000000000000000222. The van der Waals surface area contributed by atoms with Crippen LogP contribution in [0.25, 0.3) is 10.2 Å². The molecule has 1 heterocycles. The van der Waals surface area contributed by atoms with Gasteiger partial charge in [0, 0.05) is 0 Å². The highest BCUT2D eigenvalue weighted by atomic mass is 35.5. The maximum atomic E-state index is 5.86. The van der Waals surface area contributed by atoms with Gasteiger partial charge in [-0.25, -0.2) is 4.98 Å². The van der Waals surface area contributed by atoms with E-state index in [0.717, 1.165) is 10.2 Å². The maximum Gasteiger partial charge on any atom is 0.184 e. The Morgan fingerprint density at radius 2 is 1.93 bits per heavy atom. The van der Waals surface area contributed by atoms with Crippen LogP contribution >= 0.6 is 46.8 Å². The summed E-state index contributed by atoms with van der Waals surface area (Å²) < 4.78 is 1.57. The number of aromatic nitrogens is 1. The molecule has 1 aromatic carbocycles. The van der Waals surface area contributed by atoms with E-state index >= 15 is 0 Å². The summed E-state index contributed by atoms with van der Waals surface area (Å²) in [5.74, 6) is 0. The fourth-order valence-corrected chi connectivity index (χ4v) is 2.21. The number of benzene rings is 1. The normalized spacial score (nSPS) is 9.47. The minimum atomic E-state index is 0.000000000000000222. The zero-order valence-electron chi connectivity index (χ0n) is 7.41. The van der Waals surface area contributed by atoms with Gasteiger partial charge < -0.3 is 11.5 Å². The highest BCUT2D eigenvalue weighted by Crippen LogP contribution is 2.29. The lowest BCUT2D eigenvalue weighted by Crippen LogP contribution is -2.18. The van der Waals surface area contributed by atoms with E-state index in [9.17, 15) is 0 Å². The average Bonchev–Trinajstić information content (AvgIpc) is 2.46. The van der Waals surface area contributed by atoms with E-state index in [2.05, 4.69) is 28.7 Å². The molecular weight excluding hydrogens is 273 g/mol. The fourth-order valence-electron chi connectivity index (χ4n) is 0.888. The third-order valence-corrected chi connectivity index (χ3v) is 2.77. The molecule has 0 bridgehead atoms. The molecule has 0 amide bonds. The van der Waals surface area contributed by atoms with Crippen LogP contribution in [0.1, 0.15) is 0 Å². The zero-order valence-corrected chi connectivity index (χ0v) is 10.6. The van der Waals surface area contributed by atoms with Gasteiger partial charge >= 0.3 is 0 Å². The highest BCUT2D eigenvalue weighted by Gasteiger charge is 2.03. The number of hydrogen-bond donors (Lipinski definition) is 2. The standard InChI is InChI=1S/C7H3Cl2NS.CH4N2S/c8-4-2-1-3-5-6(4)10-7(9)11-5;2-1(3)4/h1-3H;(H4,2,3,4). The summed E-state index contributed by atoms with van der Waals surface area (Å²) in [7, 11) is 0. The van der Waals surface area contributed by atoms with Crippen molar-refractivity contribution in [3.05, 3.63) is 27.7 Å². The van der Waals surface area contributed by atoms with Crippen molar-refractivity contribution in [3.8, 4) is 0 Å². The second kappa shape index (κ2) is 5.46. The number of thiocarbonyl (C=S) groups is 1. The van der Waals surface area contributed by atoms with Gasteiger partial charge in [0.25, 0.3) is 0 Å². The van der Waals surface area contributed by atoms with E-state index in [1.807, 2.05) is 12.1 Å². The molecule has 1 aromatic heterocycles. The monoisotopic (exact) mass is 279 g/mol. The Hall–Kier alpha value is -0.620. The Bertz CT molecular complexity index is 480. The third kappa shape index (κ3) is 3.79. The van der Waals surface area contributed by atoms with Crippen molar-refractivity contribution >= 4 is 62.1 Å². The summed E-state index contributed by atoms with van der Waals surface area (Å²) in [6.07, 6.45) is 0. The van der Waals surface area contributed by atoms with Crippen LogP contribution in [-0.2, 0) is 0 Å². The Morgan fingerprint density at radius 1 is 1.33 bits per heavy atom. The number of nitrogens with zero attached hydrogens (tertiary/aromatic N) is 1. The molecule has 4 N–H and O–H groups in total. The van der Waals surface area contributed by atoms with Gasteiger partial charge in [-0.3, -0.25) is 0 Å². The summed E-state index contributed by atoms with van der Waals surface area (Å²) in [6.45, 7) is 0. The van der Waals surface area contributed by atoms with Crippen molar-refractivity contribution in [2.75, 3.05) is 0 Å². The van der Waals surface area contributed by atoms with Crippen LogP contribution in [0, 0.1) is 0 Å². The number of fused-ring (bicyclic) bond motifs is 1. The molecule has 0 spiro atoms. The molecule has 0 aliphatic carbocycles. The molecule has 0 atom stereocenters. The molecule has 7 heteroatoms. The topological polar surface area (TPSA) is 64.9 Å². The Kier molecular flexibility index (Phi) is 4.53. The number of halogens is 2. The molecule has 0 saturated heterocycles. The first-order chi connectivity index (χ1) is 7.00. The van der Waals surface area contributed by atoms with Crippen molar-refractivity contribution in [1.29, 1.82) is 0 Å². The van der Waals surface area contributed by atoms with E-state index in [1.165, 1.54) is 11.3 Å². The molecule has 2 rings (SSSR count). The summed E-state index contributed by atoms with van der Waals surface area (Å²) in [5.41, 5.74) is 10.0. The van der Waals surface area contributed by atoms with Crippen molar-refractivity contribution in [2.24, 2.45) is 11.5 Å². The third-order valence-electron chi connectivity index (χ3n) is 1.34. The summed E-state index contributed by atoms with van der Waals surface area (Å²) in [5, 5.41) is 0.658. The molecule has 0 radical (unpaired) electrons. The molecule has 0 fully saturated rings. The lowest BCUT2D eigenvalue weighted by molar-refractivity contribution is 1.50. The quantitative estimate of drug-likeness (QED) is 0.728. The molecule has 0 aliphatic rings. The molecular formula is C8H7Cl2N3S2. The second-order valence-corrected chi connectivity index (χ2v) is 4.95. The van der Waals surface area contributed by atoms with E-state index in [4.69, 9.17) is 23.2 Å². The number of hydrogen-bond acceptors (Lipinski definition) is 3. The first-order valence-corrected chi connectivity index (χ1v) is 5.74. The van der Waals surface area contributed by atoms with E-state index in [0.29, 0.717) is 9.49 Å². The van der Waals surface area contributed by atoms with Crippen LogP contribution < -0.4 is 11.5 Å². The Labute approximate surface area is 106 Å². The predicted octanol–water partition coefficient (Wildman–Crippen LogP) is 2.79. The molecule has 80 valence electrons. The van der Waals surface area contributed by atoms with Gasteiger partial charge in [0.1, 0.15) is 5.52 Å². The van der Waals surface area contributed by atoms with Gasteiger partial charge in [-0.05, 0) is 24.4 Å². The molecule has 0 saturated carbocycles. The van der Waals surface area contributed by atoms with Gasteiger partial charge in [0.05, 0.1) is 9.72 Å². The first kappa shape index (κ1) is 12.4. The molecule has 3 nitrogen and oxygen atoms in total. The first-order valence-electron chi connectivity index (χ1n) is 3.76. The van der Waals surface area contributed by atoms with E-state index < -0.39 is 0 Å².